The molecule has 0 saturated carbocycles. The van der Waals surface area contributed by atoms with Crippen LogP contribution in [0.15, 0.2) is 35.3 Å². The average molecular weight is 167 g/mol. The molecule has 0 atom stereocenters. The summed E-state index contributed by atoms with van der Waals surface area (Å²) < 4.78 is 0. The summed E-state index contributed by atoms with van der Waals surface area (Å²) in [5.74, 6) is 0.787. The number of hydrogen-bond donors (Lipinski definition) is 2. The van der Waals surface area contributed by atoms with Crippen molar-refractivity contribution in [2.75, 3.05) is 6.61 Å². The third kappa shape index (κ3) is 1.89. The van der Waals surface area contributed by atoms with E-state index in [-0.39, 0.29) is 6.61 Å². The first-order chi connectivity index (χ1) is 5.77. The lowest BCUT2D eigenvalue weighted by molar-refractivity contribution is 0.149. The first-order valence-corrected chi connectivity index (χ1v) is 3.85. The highest BCUT2D eigenvalue weighted by Gasteiger charge is 2.04. The maximum atomic E-state index is 8.86. The van der Waals surface area contributed by atoms with E-state index in [1.165, 1.54) is 0 Å². The van der Waals surface area contributed by atoms with Crippen molar-refractivity contribution in [3.05, 3.63) is 35.3 Å². The summed E-state index contributed by atoms with van der Waals surface area (Å²) in [6.07, 6.45) is 5.39. The van der Waals surface area contributed by atoms with Crippen LogP contribution in [0, 0.1) is 0 Å². The average Bonchev–Trinajstić information content (AvgIpc) is 2.26. The molecular weight excluding hydrogens is 154 g/mol. The van der Waals surface area contributed by atoms with Gasteiger partial charge in [-0.3, -0.25) is 0 Å². The minimum atomic E-state index is 0.0185. The molecule has 3 heteroatoms. The monoisotopic (exact) mass is 167 g/mol. The molecule has 2 N–H and O–H groups in total. The van der Waals surface area contributed by atoms with Gasteiger partial charge in [-0.25, -0.2) is 5.48 Å². The minimum Gasteiger partial charge on any atom is -0.392 e. The Balaban J connectivity index is 2.87. The quantitative estimate of drug-likeness (QED) is 0.617. The van der Waals surface area contributed by atoms with Gasteiger partial charge in [0.15, 0.2) is 5.76 Å². The number of allylic oxidation sites excluding steroid dienone is 2. The van der Waals surface area contributed by atoms with Crippen molar-refractivity contribution in [1.82, 2.24) is 5.48 Å². The summed E-state index contributed by atoms with van der Waals surface area (Å²) in [5.41, 5.74) is 4.45. The zero-order valence-corrected chi connectivity index (χ0v) is 7.29. The van der Waals surface area contributed by atoms with Crippen LogP contribution in [0.5, 0.6) is 0 Å². The second kappa shape index (κ2) is 3.97. The molecule has 1 rings (SSSR count). The van der Waals surface area contributed by atoms with E-state index in [1.807, 2.05) is 26.0 Å². The fourth-order valence-electron chi connectivity index (χ4n) is 1.02. The van der Waals surface area contributed by atoms with Crippen molar-refractivity contribution < 1.29 is 9.94 Å². The van der Waals surface area contributed by atoms with Crippen LogP contribution in [0.3, 0.4) is 0 Å². The Kier molecular flexibility index (Phi) is 2.94. The van der Waals surface area contributed by atoms with Crippen molar-refractivity contribution in [1.29, 1.82) is 0 Å². The summed E-state index contributed by atoms with van der Waals surface area (Å²) in [7, 11) is 0. The van der Waals surface area contributed by atoms with Crippen molar-refractivity contribution in [2.45, 2.75) is 13.8 Å². The van der Waals surface area contributed by atoms with Crippen LogP contribution >= 0.6 is 0 Å². The van der Waals surface area contributed by atoms with Crippen LogP contribution in [-0.4, -0.2) is 11.7 Å². The molecule has 0 radical (unpaired) electrons. The molecule has 1 heterocycles. The number of aliphatic hydroxyl groups is 1. The topological polar surface area (TPSA) is 41.5 Å². The van der Waals surface area contributed by atoms with Gasteiger partial charge in [0.25, 0.3) is 0 Å². The molecule has 12 heavy (non-hydrogen) atoms. The van der Waals surface area contributed by atoms with Gasteiger partial charge in [-0.2, -0.15) is 0 Å². The largest absolute Gasteiger partial charge is 0.392 e. The van der Waals surface area contributed by atoms with Gasteiger partial charge >= 0.3 is 0 Å². The maximum Gasteiger partial charge on any atom is 0.153 e. The van der Waals surface area contributed by atoms with E-state index in [0.29, 0.717) is 0 Å². The smallest absolute Gasteiger partial charge is 0.153 e. The summed E-state index contributed by atoms with van der Waals surface area (Å²) in [6, 6.07) is 0. The first-order valence-electron chi connectivity index (χ1n) is 3.85. The second-order valence-corrected chi connectivity index (χ2v) is 2.58. The number of rotatable bonds is 1. The molecule has 0 amide bonds. The van der Waals surface area contributed by atoms with Crippen molar-refractivity contribution in [3.8, 4) is 0 Å². The Morgan fingerprint density at radius 2 is 2.42 bits per heavy atom. The Hall–Kier alpha value is -1.22. The molecule has 0 aromatic heterocycles. The van der Waals surface area contributed by atoms with Crippen LogP contribution in [0.2, 0.25) is 0 Å². The van der Waals surface area contributed by atoms with Gasteiger partial charge in [0.1, 0.15) is 0 Å². The minimum absolute atomic E-state index is 0.0185. The first kappa shape index (κ1) is 8.87. The number of aliphatic hydroxyl groups excluding tert-OH is 1. The lowest BCUT2D eigenvalue weighted by Crippen LogP contribution is -2.05. The molecule has 0 bridgehead atoms. The van der Waals surface area contributed by atoms with Crippen LogP contribution in [-0.2, 0) is 4.84 Å². The molecule has 0 aliphatic carbocycles. The normalized spacial score (nSPS) is 20.4. The fourth-order valence-corrected chi connectivity index (χ4v) is 1.02. The molecule has 0 spiro atoms. The fraction of sp³-hybridized carbons (Fsp3) is 0.333. The maximum absolute atomic E-state index is 8.86. The van der Waals surface area contributed by atoms with Crippen molar-refractivity contribution >= 4 is 0 Å². The molecule has 0 fully saturated rings. The lowest BCUT2D eigenvalue weighted by Gasteiger charge is -2.04. The Bertz CT molecular complexity index is 251. The summed E-state index contributed by atoms with van der Waals surface area (Å²) in [6.45, 7) is 3.86. The molecule has 1 aliphatic heterocycles. The SMILES string of the molecule is C/C=C1\ONC=C(CO)C=C1C. The van der Waals surface area contributed by atoms with Crippen molar-refractivity contribution in [2.24, 2.45) is 0 Å². The molecule has 0 unspecified atom stereocenters. The zero-order valence-electron chi connectivity index (χ0n) is 7.29. The van der Waals surface area contributed by atoms with E-state index in [1.54, 1.807) is 6.20 Å². The van der Waals surface area contributed by atoms with E-state index >= 15 is 0 Å². The van der Waals surface area contributed by atoms with Crippen LogP contribution in [0.1, 0.15) is 13.8 Å². The predicted octanol–water partition coefficient (Wildman–Crippen LogP) is 1.25. The number of hydroxylamine groups is 1. The summed E-state index contributed by atoms with van der Waals surface area (Å²) in [4.78, 5) is 5.15. The standard InChI is InChI=1S/C9H13NO2/c1-3-9-7(2)4-8(6-11)5-10-12-9/h3-5,10-11H,6H2,1-2H3/b9-3-. The molecule has 0 aromatic rings. The molecule has 66 valence electrons. The molecule has 3 nitrogen and oxygen atoms in total. The van der Waals surface area contributed by atoms with Crippen molar-refractivity contribution in [3.63, 3.8) is 0 Å². The van der Waals surface area contributed by atoms with Gasteiger partial charge in [-0.15, -0.1) is 0 Å². The van der Waals surface area contributed by atoms with Gasteiger partial charge in [-0.1, -0.05) is 0 Å². The third-order valence-corrected chi connectivity index (χ3v) is 1.65. The van der Waals surface area contributed by atoms with Crippen LogP contribution in [0.25, 0.3) is 0 Å². The molecule has 1 aliphatic rings. The molecule has 0 saturated heterocycles. The summed E-state index contributed by atoms with van der Waals surface area (Å²) >= 11 is 0. The van der Waals surface area contributed by atoms with E-state index in [4.69, 9.17) is 9.94 Å². The van der Waals surface area contributed by atoms with E-state index in [9.17, 15) is 0 Å². The Labute approximate surface area is 72.0 Å². The highest BCUT2D eigenvalue weighted by Crippen LogP contribution is 2.14. The number of hydrogen-bond acceptors (Lipinski definition) is 3. The predicted molar refractivity (Wildman–Crippen MR) is 46.9 cm³/mol. The zero-order chi connectivity index (χ0) is 8.97. The van der Waals surface area contributed by atoms with E-state index in [2.05, 4.69) is 5.48 Å². The van der Waals surface area contributed by atoms with Gasteiger partial charge in [0.05, 0.1) is 6.61 Å². The lowest BCUT2D eigenvalue weighted by atomic mass is 10.1. The highest BCUT2D eigenvalue weighted by molar-refractivity contribution is 5.33. The highest BCUT2D eigenvalue weighted by atomic mass is 16.6. The van der Waals surface area contributed by atoms with Gasteiger partial charge < -0.3 is 9.94 Å². The second-order valence-electron chi connectivity index (χ2n) is 2.58. The van der Waals surface area contributed by atoms with Gasteiger partial charge in [0, 0.05) is 6.20 Å². The van der Waals surface area contributed by atoms with Gasteiger partial charge in [-0.05, 0) is 37.1 Å². The molecule has 0 aromatic carbocycles. The number of nitrogens with one attached hydrogen (secondary N) is 1. The third-order valence-electron chi connectivity index (χ3n) is 1.65. The van der Waals surface area contributed by atoms with E-state index < -0.39 is 0 Å². The molecular formula is C9H13NO2. The van der Waals surface area contributed by atoms with E-state index in [0.717, 1.165) is 16.9 Å². The van der Waals surface area contributed by atoms with Crippen LogP contribution in [0.4, 0.5) is 0 Å². The van der Waals surface area contributed by atoms with Crippen LogP contribution < -0.4 is 5.48 Å². The Morgan fingerprint density at radius 1 is 1.67 bits per heavy atom. The Morgan fingerprint density at radius 3 is 3.00 bits per heavy atom. The van der Waals surface area contributed by atoms with Gasteiger partial charge in [0.2, 0.25) is 0 Å². The summed E-state index contributed by atoms with van der Waals surface area (Å²) in [5, 5.41) is 8.86.